The lowest BCUT2D eigenvalue weighted by Crippen LogP contribution is -2.38. The molecule has 0 aromatic heterocycles. The summed E-state index contributed by atoms with van der Waals surface area (Å²) in [6.07, 6.45) is 0. The molecule has 0 saturated carbocycles. The highest BCUT2D eigenvalue weighted by Gasteiger charge is 2.14. The summed E-state index contributed by atoms with van der Waals surface area (Å²) in [7, 11) is 1.55. The van der Waals surface area contributed by atoms with Crippen molar-refractivity contribution < 1.29 is 28.6 Å². The van der Waals surface area contributed by atoms with Crippen LogP contribution in [-0.4, -0.2) is 44.1 Å². The molecule has 8 heteroatoms. The third kappa shape index (κ3) is 8.00. The topological polar surface area (TPSA) is 103 Å². The number of esters is 1. The second kappa shape index (κ2) is 11.6. The van der Waals surface area contributed by atoms with Gasteiger partial charge in [-0.3, -0.25) is 9.59 Å². The van der Waals surface area contributed by atoms with Crippen LogP contribution in [0.2, 0.25) is 0 Å². The van der Waals surface area contributed by atoms with E-state index in [1.54, 1.807) is 43.5 Å². The lowest BCUT2D eigenvalue weighted by molar-refractivity contribution is -0.125. The fourth-order valence-corrected chi connectivity index (χ4v) is 2.41. The van der Waals surface area contributed by atoms with Gasteiger partial charge < -0.3 is 24.8 Å². The molecule has 0 saturated heterocycles. The average Bonchev–Trinajstić information content (AvgIpc) is 2.76. The Morgan fingerprint density at radius 2 is 1.61 bits per heavy atom. The molecule has 166 valence electrons. The van der Waals surface area contributed by atoms with E-state index in [2.05, 4.69) is 10.6 Å². The summed E-state index contributed by atoms with van der Waals surface area (Å²) in [6.45, 7) is 5.32. The number of nitrogens with one attached hydrogen (secondary N) is 2. The average molecular weight is 428 g/mol. The number of carbonyl (C=O) groups excluding carboxylic acids is 3. The summed E-state index contributed by atoms with van der Waals surface area (Å²) in [5, 5.41) is 5.47. The molecule has 2 rings (SSSR count). The molecular formula is C23H28N2O6. The molecule has 2 aromatic carbocycles. The van der Waals surface area contributed by atoms with Crippen LogP contribution < -0.4 is 20.1 Å². The zero-order valence-electron chi connectivity index (χ0n) is 18.1. The Bertz CT molecular complexity index is 895. The molecule has 1 atom stereocenters. The Balaban J connectivity index is 1.78. The fourth-order valence-electron chi connectivity index (χ4n) is 2.41. The molecule has 0 aliphatic heterocycles. The van der Waals surface area contributed by atoms with Crippen LogP contribution >= 0.6 is 0 Å². The van der Waals surface area contributed by atoms with Gasteiger partial charge in [0, 0.05) is 17.8 Å². The van der Waals surface area contributed by atoms with E-state index < -0.39 is 5.97 Å². The van der Waals surface area contributed by atoms with Crippen molar-refractivity contribution in [1.29, 1.82) is 0 Å². The summed E-state index contributed by atoms with van der Waals surface area (Å²) in [5.74, 6) is 0.0309. The molecule has 0 aliphatic carbocycles. The van der Waals surface area contributed by atoms with E-state index >= 15 is 0 Å². The highest BCUT2D eigenvalue weighted by atomic mass is 16.5. The molecule has 0 spiro atoms. The zero-order chi connectivity index (χ0) is 22.8. The van der Waals surface area contributed by atoms with Crippen LogP contribution in [-0.2, 0) is 14.3 Å². The molecule has 0 heterocycles. The summed E-state index contributed by atoms with van der Waals surface area (Å²) in [5.41, 5.74) is 0.871. The number of hydrogen-bond donors (Lipinski definition) is 2. The third-order valence-electron chi connectivity index (χ3n) is 4.54. The first-order valence-electron chi connectivity index (χ1n) is 9.91. The molecule has 0 bridgehead atoms. The lowest BCUT2D eigenvalue weighted by atomic mass is 10.1. The highest BCUT2D eigenvalue weighted by Crippen LogP contribution is 2.17. The maximum atomic E-state index is 12.1. The van der Waals surface area contributed by atoms with E-state index in [-0.39, 0.29) is 42.6 Å². The molecule has 0 fully saturated rings. The van der Waals surface area contributed by atoms with E-state index in [9.17, 15) is 14.4 Å². The number of amides is 2. The number of benzene rings is 2. The first-order valence-corrected chi connectivity index (χ1v) is 9.91. The van der Waals surface area contributed by atoms with Gasteiger partial charge in [-0.2, -0.15) is 0 Å². The maximum absolute atomic E-state index is 12.1. The molecule has 2 amide bonds. The Hall–Kier alpha value is -3.55. The Kier molecular flexibility index (Phi) is 8.87. The van der Waals surface area contributed by atoms with Gasteiger partial charge in [0.15, 0.2) is 13.2 Å². The number of carbonyl (C=O) groups is 3. The van der Waals surface area contributed by atoms with Crippen LogP contribution in [0, 0.1) is 5.92 Å². The zero-order valence-corrected chi connectivity index (χ0v) is 18.1. The molecule has 2 aromatic rings. The van der Waals surface area contributed by atoms with E-state index in [1.807, 2.05) is 20.8 Å². The van der Waals surface area contributed by atoms with Gasteiger partial charge >= 0.3 is 5.97 Å². The van der Waals surface area contributed by atoms with E-state index in [0.717, 1.165) is 0 Å². The van der Waals surface area contributed by atoms with E-state index in [0.29, 0.717) is 17.2 Å². The van der Waals surface area contributed by atoms with Crippen LogP contribution in [0.5, 0.6) is 11.5 Å². The van der Waals surface area contributed by atoms with Crippen molar-refractivity contribution in [2.45, 2.75) is 26.8 Å². The minimum atomic E-state index is -0.616. The van der Waals surface area contributed by atoms with Gasteiger partial charge in [-0.25, -0.2) is 4.79 Å². The van der Waals surface area contributed by atoms with Crippen molar-refractivity contribution in [3.63, 3.8) is 0 Å². The SMILES string of the molecule is COc1cccc(NC(=O)COc2ccc(C(=O)OCC(=O)NC(C)C(C)C)cc2)c1. The van der Waals surface area contributed by atoms with Crippen LogP contribution in [0.3, 0.4) is 0 Å². The lowest BCUT2D eigenvalue weighted by Gasteiger charge is -2.17. The smallest absolute Gasteiger partial charge is 0.338 e. The number of ether oxygens (including phenoxy) is 3. The maximum Gasteiger partial charge on any atom is 0.338 e. The number of hydrogen-bond acceptors (Lipinski definition) is 6. The predicted octanol–water partition coefficient (Wildman–Crippen LogP) is 3.03. The molecule has 1 unspecified atom stereocenters. The van der Waals surface area contributed by atoms with Crippen molar-refractivity contribution in [1.82, 2.24) is 5.32 Å². The van der Waals surface area contributed by atoms with Crippen molar-refractivity contribution in [3.8, 4) is 11.5 Å². The quantitative estimate of drug-likeness (QED) is 0.564. The Morgan fingerprint density at radius 1 is 0.903 bits per heavy atom. The van der Waals surface area contributed by atoms with Gasteiger partial charge in [-0.1, -0.05) is 19.9 Å². The first-order chi connectivity index (χ1) is 14.8. The second-order valence-corrected chi connectivity index (χ2v) is 7.27. The summed E-state index contributed by atoms with van der Waals surface area (Å²) < 4.78 is 15.6. The molecule has 0 radical (unpaired) electrons. The minimum Gasteiger partial charge on any atom is -0.497 e. The number of anilines is 1. The van der Waals surface area contributed by atoms with Crippen molar-refractivity contribution in [2.75, 3.05) is 25.6 Å². The van der Waals surface area contributed by atoms with Crippen molar-refractivity contribution in [3.05, 3.63) is 54.1 Å². The van der Waals surface area contributed by atoms with Crippen LogP contribution in [0.1, 0.15) is 31.1 Å². The molecule has 8 nitrogen and oxygen atoms in total. The standard InChI is InChI=1S/C23H28N2O6/c1-15(2)16(3)24-21(26)14-31-23(28)17-8-10-19(11-9-17)30-13-22(27)25-18-6-5-7-20(12-18)29-4/h5-12,15-16H,13-14H2,1-4H3,(H,24,26)(H,25,27). The van der Waals surface area contributed by atoms with Crippen LogP contribution in [0.25, 0.3) is 0 Å². The molecular weight excluding hydrogens is 400 g/mol. The van der Waals surface area contributed by atoms with Gasteiger partial charge in [0.2, 0.25) is 0 Å². The molecule has 2 N–H and O–H groups in total. The van der Waals surface area contributed by atoms with Gasteiger partial charge in [-0.05, 0) is 49.2 Å². The van der Waals surface area contributed by atoms with Gasteiger partial charge in [-0.15, -0.1) is 0 Å². The highest BCUT2D eigenvalue weighted by molar-refractivity contribution is 5.92. The second-order valence-electron chi connectivity index (χ2n) is 7.27. The third-order valence-corrected chi connectivity index (χ3v) is 4.54. The summed E-state index contributed by atoms with van der Waals surface area (Å²) in [6, 6.07) is 13.1. The van der Waals surface area contributed by atoms with E-state index in [1.165, 1.54) is 12.1 Å². The van der Waals surface area contributed by atoms with Gasteiger partial charge in [0.05, 0.1) is 12.7 Å². The van der Waals surface area contributed by atoms with E-state index in [4.69, 9.17) is 14.2 Å². The van der Waals surface area contributed by atoms with Crippen LogP contribution in [0.15, 0.2) is 48.5 Å². The largest absolute Gasteiger partial charge is 0.497 e. The fraction of sp³-hybridized carbons (Fsp3) is 0.348. The monoisotopic (exact) mass is 428 g/mol. The van der Waals surface area contributed by atoms with Gasteiger partial charge in [0.25, 0.3) is 11.8 Å². The van der Waals surface area contributed by atoms with Crippen molar-refractivity contribution in [2.24, 2.45) is 5.92 Å². The number of methoxy groups -OCH3 is 1. The first kappa shape index (κ1) is 23.7. The summed E-state index contributed by atoms with van der Waals surface area (Å²) >= 11 is 0. The van der Waals surface area contributed by atoms with Gasteiger partial charge in [0.1, 0.15) is 11.5 Å². The van der Waals surface area contributed by atoms with Crippen molar-refractivity contribution >= 4 is 23.5 Å². The Morgan fingerprint density at radius 3 is 2.26 bits per heavy atom. The minimum absolute atomic E-state index is 0.0104. The normalized spacial score (nSPS) is 11.4. The molecule has 31 heavy (non-hydrogen) atoms. The van der Waals surface area contributed by atoms with Crippen LogP contribution in [0.4, 0.5) is 5.69 Å². The predicted molar refractivity (Wildman–Crippen MR) is 116 cm³/mol. The Labute approximate surface area is 181 Å². The summed E-state index contributed by atoms with van der Waals surface area (Å²) in [4.78, 5) is 35.9. The molecule has 0 aliphatic rings. The number of rotatable bonds is 10.